The summed E-state index contributed by atoms with van der Waals surface area (Å²) in [6.07, 6.45) is 0. The van der Waals surface area contributed by atoms with Crippen LogP contribution in [-0.2, 0) is 0 Å². The van der Waals surface area contributed by atoms with E-state index in [2.05, 4.69) is 15.1 Å². The maximum absolute atomic E-state index is 10.9. The summed E-state index contributed by atoms with van der Waals surface area (Å²) < 4.78 is 6.28. The topological polar surface area (TPSA) is 69.4 Å². The molecule has 0 aliphatic rings. The number of aryl methyl sites for hydroxylation is 1. The summed E-state index contributed by atoms with van der Waals surface area (Å²) in [6, 6.07) is 0.166. The van der Waals surface area contributed by atoms with Crippen LogP contribution < -0.4 is 10.4 Å². The van der Waals surface area contributed by atoms with Gasteiger partial charge in [-0.2, -0.15) is 14.6 Å². The van der Waals surface area contributed by atoms with Gasteiger partial charge in [0, 0.05) is 0 Å². The quantitative estimate of drug-likeness (QED) is 0.638. The van der Waals surface area contributed by atoms with Crippen LogP contribution in [0.3, 0.4) is 0 Å². The predicted octanol–water partition coefficient (Wildman–Crippen LogP) is -0.137. The molecule has 0 unspecified atom stereocenters. The predicted molar refractivity (Wildman–Crippen MR) is 46.2 cm³/mol. The van der Waals surface area contributed by atoms with Crippen molar-refractivity contribution in [1.29, 1.82) is 0 Å². The molecule has 0 saturated heterocycles. The average molecular weight is 198 g/mol. The highest BCUT2D eigenvalue weighted by molar-refractivity contribution is 7.16. The Morgan fingerprint density at radius 3 is 2.92 bits per heavy atom. The zero-order chi connectivity index (χ0) is 9.42. The van der Waals surface area contributed by atoms with E-state index in [0.29, 0.717) is 4.96 Å². The van der Waals surface area contributed by atoms with Crippen LogP contribution in [0.5, 0.6) is 6.01 Å². The number of hydrogen-bond donors (Lipinski definition) is 0. The molecule has 0 saturated carbocycles. The first-order valence-corrected chi connectivity index (χ1v) is 4.31. The first-order chi connectivity index (χ1) is 6.20. The highest BCUT2D eigenvalue weighted by Crippen LogP contribution is 2.13. The first kappa shape index (κ1) is 8.11. The van der Waals surface area contributed by atoms with E-state index in [1.54, 1.807) is 0 Å². The van der Waals surface area contributed by atoms with Crippen LogP contribution in [0.25, 0.3) is 4.96 Å². The van der Waals surface area contributed by atoms with E-state index < -0.39 is 5.69 Å². The van der Waals surface area contributed by atoms with Crippen LogP contribution in [0, 0.1) is 6.92 Å². The van der Waals surface area contributed by atoms with Gasteiger partial charge in [-0.05, 0) is 6.92 Å². The van der Waals surface area contributed by atoms with Crippen LogP contribution in [0.15, 0.2) is 4.79 Å². The molecule has 2 rings (SSSR count). The zero-order valence-corrected chi connectivity index (χ0v) is 7.83. The highest BCUT2D eigenvalue weighted by Gasteiger charge is 2.08. The van der Waals surface area contributed by atoms with Gasteiger partial charge in [0.05, 0.1) is 7.11 Å². The van der Waals surface area contributed by atoms with Gasteiger partial charge in [0.1, 0.15) is 5.01 Å². The third kappa shape index (κ3) is 1.26. The second kappa shape index (κ2) is 2.77. The largest absolute Gasteiger partial charge is 0.467 e. The molecule has 0 spiro atoms. The molecule has 0 N–H and O–H groups in total. The van der Waals surface area contributed by atoms with Crippen LogP contribution in [0.1, 0.15) is 5.01 Å². The summed E-state index contributed by atoms with van der Waals surface area (Å²) in [5, 5.41) is 4.88. The number of aromatic nitrogens is 4. The Hall–Kier alpha value is -1.50. The van der Waals surface area contributed by atoms with Gasteiger partial charge >= 0.3 is 11.7 Å². The molecule has 0 radical (unpaired) electrons. The number of nitrogens with zero attached hydrogens (tertiary/aromatic N) is 4. The average Bonchev–Trinajstić information content (AvgIpc) is 2.43. The van der Waals surface area contributed by atoms with Gasteiger partial charge in [0.25, 0.3) is 0 Å². The SMILES string of the molecule is COc1nc(=O)nc2sc(C)nn12. The lowest BCUT2D eigenvalue weighted by Gasteiger charge is -1.96. The summed E-state index contributed by atoms with van der Waals surface area (Å²) in [5.41, 5.74) is -0.555. The minimum absolute atomic E-state index is 0.166. The van der Waals surface area contributed by atoms with Gasteiger partial charge in [-0.1, -0.05) is 11.3 Å². The Kier molecular flexibility index (Phi) is 1.73. The first-order valence-electron chi connectivity index (χ1n) is 3.49. The standard InChI is InChI=1S/C6H6N4O2S/c1-3-9-10-5(12-2)7-4(11)8-6(10)13-3/h1-2H3. The monoisotopic (exact) mass is 198 g/mol. The summed E-state index contributed by atoms with van der Waals surface area (Å²) in [5.74, 6) is 0. The van der Waals surface area contributed by atoms with E-state index in [4.69, 9.17) is 4.74 Å². The Labute approximate surface area is 76.8 Å². The number of rotatable bonds is 1. The smallest absolute Gasteiger partial charge is 0.374 e. The fraction of sp³-hybridized carbons (Fsp3) is 0.333. The van der Waals surface area contributed by atoms with E-state index in [9.17, 15) is 4.79 Å². The van der Waals surface area contributed by atoms with Crippen molar-refractivity contribution in [3.63, 3.8) is 0 Å². The van der Waals surface area contributed by atoms with Crippen LogP contribution >= 0.6 is 11.3 Å². The molecule has 0 aliphatic heterocycles. The fourth-order valence-corrected chi connectivity index (χ4v) is 1.66. The third-order valence-electron chi connectivity index (χ3n) is 1.41. The number of hydrogen-bond acceptors (Lipinski definition) is 6. The minimum atomic E-state index is -0.555. The molecule has 2 aromatic rings. The van der Waals surface area contributed by atoms with Crippen molar-refractivity contribution in [3.8, 4) is 6.01 Å². The third-order valence-corrected chi connectivity index (χ3v) is 2.23. The van der Waals surface area contributed by atoms with E-state index >= 15 is 0 Å². The van der Waals surface area contributed by atoms with Gasteiger partial charge < -0.3 is 4.74 Å². The van der Waals surface area contributed by atoms with Crippen molar-refractivity contribution in [2.45, 2.75) is 6.92 Å². The van der Waals surface area contributed by atoms with Gasteiger partial charge in [0.15, 0.2) is 0 Å². The lowest BCUT2D eigenvalue weighted by molar-refractivity contribution is 0.363. The van der Waals surface area contributed by atoms with Crippen molar-refractivity contribution in [2.24, 2.45) is 0 Å². The Balaban J connectivity index is 2.88. The normalized spacial score (nSPS) is 10.6. The van der Waals surface area contributed by atoms with Crippen molar-refractivity contribution in [1.82, 2.24) is 19.6 Å². The molecular formula is C6H6N4O2S. The van der Waals surface area contributed by atoms with E-state index in [1.807, 2.05) is 6.92 Å². The Bertz CT molecular complexity index is 503. The number of fused-ring (bicyclic) bond motifs is 1. The molecule has 2 aromatic heterocycles. The second-order valence-electron chi connectivity index (χ2n) is 2.31. The minimum Gasteiger partial charge on any atom is -0.467 e. The second-order valence-corrected chi connectivity index (χ2v) is 3.47. The lowest BCUT2D eigenvalue weighted by Crippen LogP contribution is -2.14. The zero-order valence-electron chi connectivity index (χ0n) is 7.01. The molecule has 68 valence electrons. The molecule has 0 atom stereocenters. The molecule has 0 bridgehead atoms. The molecule has 0 amide bonds. The van der Waals surface area contributed by atoms with Crippen molar-refractivity contribution < 1.29 is 4.74 Å². The van der Waals surface area contributed by atoms with Crippen molar-refractivity contribution >= 4 is 16.3 Å². The van der Waals surface area contributed by atoms with Gasteiger partial charge in [-0.15, -0.1) is 4.98 Å². The molecule has 6 nitrogen and oxygen atoms in total. The van der Waals surface area contributed by atoms with E-state index in [1.165, 1.54) is 23.0 Å². The van der Waals surface area contributed by atoms with Crippen LogP contribution in [0.4, 0.5) is 0 Å². The van der Waals surface area contributed by atoms with E-state index in [-0.39, 0.29) is 6.01 Å². The van der Waals surface area contributed by atoms with Crippen molar-refractivity contribution in [2.75, 3.05) is 7.11 Å². The molecule has 2 heterocycles. The summed E-state index contributed by atoms with van der Waals surface area (Å²) in [6.45, 7) is 1.82. The molecule has 0 fully saturated rings. The van der Waals surface area contributed by atoms with E-state index in [0.717, 1.165) is 5.01 Å². The molecule has 0 aliphatic carbocycles. The fourth-order valence-electron chi connectivity index (χ4n) is 0.942. The molecule has 0 aromatic carbocycles. The molecule has 13 heavy (non-hydrogen) atoms. The molecular weight excluding hydrogens is 192 g/mol. The lowest BCUT2D eigenvalue weighted by atomic mass is 10.9. The van der Waals surface area contributed by atoms with Crippen LogP contribution in [-0.4, -0.2) is 26.7 Å². The van der Waals surface area contributed by atoms with Gasteiger partial charge in [-0.3, -0.25) is 0 Å². The Morgan fingerprint density at radius 2 is 2.23 bits per heavy atom. The summed E-state index contributed by atoms with van der Waals surface area (Å²) >= 11 is 1.32. The van der Waals surface area contributed by atoms with Gasteiger partial charge in [-0.25, -0.2) is 4.79 Å². The maximum atomic E-state index is 10.9. The molecule has 7 heteroatoms. The summed E-state index contributed by atoms with van der Waals surface area (Å²) in [7, 11) is 1.43. The van der Waals surface area contributed by atoms with Crippen molar-refractivity contribution in [3.05, 3.63) is 15.5 Å². The number of methoxy groups -OCH3 is 1. The number of ether oxygens (including phenoxy) is 1. The Morgan fingerprint density at radius 1 is 1.46 bits per heavy atom. The maximum Gasteiger partial charge on any atom is 0.374 e. The van der Waals surface area contributed by atoms with Gasteiger partial charge in [0.2, 0.25) is 4.96 Å². The summed E-state index contributed by atoms with van der Waals surface area (Å²) in [4.78, 5) is 18.7. The highest BCUT2D eigenvalue weighted by atomic mass is 32.1. The van der Waals surface area contributed by atoms with Crippen LogP contribution in [0.2, 0.25) is 0 Å².